The Bertz CT molecular complexity index is 1350. The highest BCUT2D eigenvalue weighted by atomic mass is 32.2. The lowest BCUT2D eigenvalue weighted by molar-refractivity contribution is -0.274. The third-order valence-electron chi connectivity index (χ3n) is 4.08. The summed E-state index contributed by atoms with van der Waals surface area (Å²) < 4.78 is 71.5. The highest BCUT2D eigenvalue weighted by molar-refractivity contribution is 7.91. The largest absolute Gasteiger partial charge is 0.573 e. The van der Waals surface area contributed by atoms with Crippen molar-refractivity contribution in [1.82, 2.24) is 9.78 Å². The number of benzene rings is 2. The summed E-state index contributed by atoms with van der Waals surface area (Å²) in [5.41, 5.74) is -2.20. The first kappa shape index (κ1) is 22.1. The van der Waals surface area contributed by atoms with Crippen LogP contribution in [-0.2, 0) is 9.84 Å². The summed E-state index contributed by atoms with van der Waals surface area (Å²) >= 11 is 0. The van der Waals surface area contributed by atoms with Gasteiger partial charge in [-0.15, -0.1) is 13.2 Å². The Morgan fingerprint density at radius 2 is 1.74 bits per heavy atom. The first-order valence-electron chi connectivity index (χ1n) is 8.26. The standard InChI is InChI=1S/C18H13F3N2O7S/c1-29-11-7-12-14(13(8-11)31(2,27)28)16(24)15(17(25)26)22-23(12)9-3-5-10(6-4-9)30-18(19,20)21/h3-8H,1-2H3,(H,25,26). The Labute approximate surface area is 172 Å². The number of aromatic nitrogens is 2. The first-order chi connectivity index (χ1) is 14.3. The van der Waals surface area contributed by atoms with Gasteiger partial charge in [0.15, 0.2) is 9.84 Å². The van der Waals surface area contributed by atoms with Crippen molar-refractivity contribution in [2.24, 2.45) is 0 Å². The molecule has 1 heterocycles. The van der Waals surface area contributed by atoms with Gasteiger partial charge in [0.2, 0.25) is 11.1 Å². The van der Waals surface area contributed by atoms with E-state index in [-0.39, 0.29) is 17.0 Å². The van der Waals surface area contributed by atoms with Crippen LogP contribution < -0.4 is 14.9 Å². The number of methoxy groups -OCH3 is 1. The lowest BCUT2D eigenvalue weighted by atomic mass is 10.1. The number of aromatic carboxylic acids is 1. The van der Waals surface area contributed by atoms with Gasteiger partial charge in [0.1, 0.15) is 11.5 Å². The monoisotopic (exact) mass is 458 g/mol. The predicted octanol–water partition coefficient (Wildman–Crippen LogP) is 2.39. The second kappa shape index (κ2) is 7.58. The Balaban J connectivity index is 2.40. The molecule has 0 bridgehead atoms. The number of rotatable bonds is 5. The third-order valence-corrected chi connectivity index (χ3v) is 5.20. The highest BCUT2D eigenvalue weighted by Gasteiger charge is 2.31. The molecular weight excluding hydrogens is 445 g/mol. The molecule has 2 aromatic carbocycles. The molecule has 9 nitrogen and oxygen atoms in total. The van der Waals surface area contributed by atoms with Crippen LogP contribution in [0.5, 0.6) is 11.5 Å². The smallest absolute Gasteiger partial charge is 0.497 e. The average Bonchev–Trinajstić information content (AvgIpc) is 2.66. The van der Waals surface area contributed by atoms with Crippen LogP contribution in [0.4, 0.5) is 13.2 Å². The van der Waals surface area contributed by atoms with Crippen LogP contribution in [-0.4, -0.2) is 49.0 Å². The number of halogens is 3. The van der Waals surface area contributed by atoms with Crippen LogP contribution >= 0.6 is 0 Å². The van der Waals surface area contributed by atoms with E-state index in [0.717, 1.165) is 41.3 Å². The quantitative estimate of drug-likeness (QED) is 0.618. The Morgan fingerprint density at radius 3 is 2.23 bits per heavy atom. The molecule has 0 aliphatic heterocycles. The van der Waals surface area contributed by atoms with Gasteiger partial charge in [0.25, 0.3) is 0 Å². The number of hydrogen-bond donors (Lipinski definition) is 1. The zero-order valence-electron chi connectivity index (χ0n) is 15.8. The molecule has 1 aromatic heterocycles. The fourth-order valence-corrected chi connectivity index (χ4v) is 3.72. The van der Waals surface area contributed by atoms with Crippen LogP contribution in [0.25, 0.3) is 16.6 Å². The van der Waals surface area contributed by atoms with E-state index >= 15 is 0 Å². The van der Waals surface area contributed by atoms with E-state index in [1.165, 1.54) is 13.2 Å². The van der Waals surface area contributed by atoms with Gasteiger partial charge in [-0.1, -0.05) is 0 Å². The molecule has 1 N–H and O–H groups in total. The molecule has 0 saturated carbocycles. The van der Waals surface area contributed by atoms with E-state index in [0.29, 0.717) is 0 Å². The van der Waals surface area contributed by atoms with Gasteiger partial charge in [0.05, 0.1) is 28.6 Å². The molecule has 0 fully saturated rings. The molecule has 3 aromatic rings. The van der Waals surface area contributed by atoms with Crippen LogP contribution in [0.3, 0.4) is 0 Å². The SMILES string of the molecule is COc1cc(S(C)(=O)=O)c2c(=O)c(C(=O)O)nn(-c3ccc(OC(F)(F)F)cc3)c2c1. The van der Waals surface area contributed by atoms with Gasteiger partial charge in [-0.25, -0.2) is 17.9 Å². The highest BCUT2D eigenvalue weighted by Crippen LogP contribution is 2.29. The maximum absolute atomic E-state index is 12.7. The molecule has 164 valence electrons. The molecular formula is C18H13F3N2O7S. The maximum atomic E-state index is 12.7. The van der Waals surface area contributed by atoms with Crippen LogP contribution in [0.15, 0.2) is 46.1 Å². The van der Waals surface area contributed by atoms with Gasteiger partial charge >= 0.3 is 12.3 Å². The van der Waals surface area contributed by atoms with Crippen molar-refractivity contribution in [1.29, 1.82) is 0 Å². The zero-order chi connectivity index (χ0) is 23.1. The summed E-state index contributed by atoms with van der Waals surface area (Å²) in [4.78, 5) is 23.8. The fourth-order valence-electron chi connectivity index (χ4n) is 2.83. The normalized spacial score (nSPS) is 12.0. The van der Waals surface area contributed by atoms with E-state index in [1.807, 2.05) is 0 Å². The van der Waals surface area contributed by atoms with Crippen molar-refractivity contribution in [3.8, 4) is 17.2 Å². The number of hydrogen-bond acceptors (Lipinski definition) is 7. The van der Waals surface area contributed by atoms with Crippen molar-refractivity contribution < 1.29 is 41.0 Å². The predicted molar refractivity (Wildman–Crippen MR) is 101 cm³/mol. The second-order valence-corrected chi connectivity index (χ2v) is 8.21. The topological polar surface area (TPSA) is 125 Å². The van der Waals surface area contributed by atoms with Gasteiger partial charge in [-0.2, -0.15) is 5.10 Å². The molecule has 13 heteroatoms. The van der Waals surface area contributed by atoms with Crippen molar-refractivity contribution in [3.63, 3.8) is 0 Å². The van der Waals surface area contributed by atoms with Crippen molar-refractivity contribution in [2.45, 2.75) is 11.3 Å². The minimum Gasteiger partial charge on any atom is -0.497 e. The number of sulfone groups is 1. The summed E-state index contributed by atoms with van der Waals surface area (Å²) in [6.07, 6.45) is -4.09. The summed E-state index contributed by atoms with van der Waals surface area (Å²) in [6, 6.07) is 6.48. The van der Waals surface area contributed by atoms with E-state index < -0.39 is 49.3 Å². The van der Waals surface area contributed by atoms with E-state index in [4.69, 9.17) is 4.74 Å². The molecule has 0 unspecified atom stereocenters. The Kier molecular flexibility index (Phi) is 5.40. The number of fused-ring (bicyclic) bond motifs is 1. The molecule has 0 atom stereocenters. The maximum Gasteiger partial charge on any atom is 0.573 e. The molecule has 0 spiro atoms. The average molecular weight is 458 g/mol. The van der Waals surface area contributed by atoms with Crippen LogP contribution in [0.1, 0.15) is 10.5 Å². The van der Waals surface area contributed by atoms with E-state index in [9.17, 15) is 36.3 Å². The molecule has 31 heavy (non-hydrogen) atoms. The number of carbonyl (C=O) groups is 1. The van der Waals surface area contributed by atoms with Crippen LogP contribution in [0.2, 0.25) is 0 Å². The minimum absolute atomic E-state index is 0.0305. The lowest BCUT2D eigenvalue weighted by Gasteiger charge is -2.15. The minimum atomic E-state index is -4.92. The van der Waals surface area contributed by atoms with Crippen molar-refractivity contribution in [2.75, 3.05) is 13.4 Å². The molecule has 0 amide bonds. The number of ether oxygens (including phenoxy) is 2. The first-order valence-corrected chi connectivity index (χ1v) is 10.2. The molecule has 0 saturated heterocycles. The number of alkyl halides is 3. The fraction of sp³-hybridized carbons (Fsp3) is 0.167. The summed E-state index contributed by atoms with van der Waals surface area (Å²) in [6.45, 7) is 0. The molecule has 3 rings (SSSR count). The van der Waals surface area contributed by atoms with Gasteiger partial charge in [0, 0.05) is 12.3 Å². The number of carboxylic acids is 1. The van der Waals surface area contributed by atoms with Crippen molar-refractivity contribution >= 4 is 26.7 Å². The van der Waals surface area contributed by atoms with Gasteiger partial charge in [-0.05, 0) is 30.3 Å². The summed E-state index contributed by atoms with van der Waals surface area (Å²) in [5.74, 6) is -2.23. The van der Waals surface area contributed by atoms with Gasteiger partial charge < -0.3 is 14.6 Å². The summed E-state index contributed by atoms with van der Waals surface area (Å²) in [7, 11) is -2.76. The van der Waals surface area contributed by atoms with Crippen molar-refractivity contribution in [3.05, 3.63) is 52.3 Å². The number of carboxylic acid groups (broad SMARTS) is 1. The summed E-state index contributed by atoms with van der Waals surface area (Å²) in [5, 5.41) is 12.7. The Hall–Kier alpha value is -3.61. The van der Waals surface area contributed by atoms with E-state index in [2.05, 4.69) is 9.84 Å². The second-order valence-electron chi connectivity index (χ2n) is 6.23. The zero-order valence-corrected chi connectivity index (χ0v) is 16.6. The third kappa shape index (κ3) is 4.45. The van der Waals surface area contributed by atoms with Crippen LogP contribution in [0, 0.1) is 0 Å². The molecule has 0 radical (unpaired) electrons. The van der Waals surface area contributed by atoms with Gasteiger partial charge in [-0.3, -0.25) is 4.79 Å². The Morgan fingerprint density at radius 1 is 1.13 bits per heavy atom. The van der Waals surface area contributed by atoms with E-state index in [1.54, 1.807) is 0 Å². The molecule has 0 aliphatic carbocycles. The number of nitrogens with zero attached hydrogens (tertiary/aromatic N) is 2. The molecule has 0 aliphatic rings. The lowest BCUT2D eigenvalue weighted by Crippen LogP contribution is -2.24.